The number of nitrogens with zero attached hydrogens (tertiary/aromatic N) is 2. The van der Waals surface area contributed by atoms with Crippen LogP contribution in [-0.4, -0.2) is 21.7 Å². The molecule has 160 valence electrons. The Balaban J connectivity index is 0.000000326. The zero-order valence-corrected chi connectivity index (χ0v) is 19.3. The van der Waals surface area contributed by atoms with Crippen LogP contribution in [0.1, 0.15) is 73.4 Å². The fourth-order valence-electron chi connectivity index (χ4n) is 2.17. The summed E-state index contributed by atoms with van der Waals surface area (Å²) in [5.41, 5.74) is 7.51. The van der Waals surface area contributed by atoms with Crippen LogP contribution < -0.4 is 11.1 Å². The number of nitrogens with one attached hydrogen (secondary N) is 1. The van der Waals surface area contributed by atoms with Crippen LogP contribution in [0.5, 0.6) is 0 Å². The molecule has 29 heavy (non-hydrogen) atoms. The van der Waals surface area contributed by atoms with Gasteiger partial charge in [-0.15, -0.1) is 0 Å². The largest absolute Gasteiger partial charge is 0.444 e. The second-order valence-electron chi connectivity index (χ2n) is 10.0. The van der Waals surface area contributed by atoms with Crippen molar-refractivity contribution < 1.29 is 9.53 Å². The van der Waals surface area contributed by atoms with Gasteiger partial charge in [0.25, 0.3) is 0 Å². The van der Waals surface area contributed by atoms with Gasteiger partial charge in [-0.05, 0) is 54.9 Å². The van der Waals surface area contributed by atoms with Gasteiger partial charge in [-0.2, -0.15) is 0 Å². The van der Waals surface area contributed by atoms with Crippen LogP contribution in [0.3, 0.4) is 0 Å². The molecule has 0 aromatic carbocycles. The topological polar surface area (TPSA) is 90.1 Å². The SMILES string of the molecule is CC(C)(C)OC(=O)Nc1ccc(C(C)(C)C)cn1.CC(C)(C)c1ccc(N)nc1. The summed E-state index contributed by atoms with van der Waals surface area (Å²) in [7, 11) is 0. The minimum absolute atomic E-state index is 0.0530. The molecule has 0 fully saturated rings. The second-order valence-corrected chi connectivity index (χ2v) is 10.0. The standard InChI is InChI=1S/C14H22N2O2.C9H14N2/c1-13(2,3)10-7-8-11(15-9-10)16-12(17)18-14(4,5)6;1-9(2,3)7-4-5-8(10)11-6-7/h7-9H,1-6H3,(H,15,16,17);4-6H,1-3H3,(H2,10,11). The van der Waals surface area contributed by atoms with Crippen molar-refractivity contribution in [2.75, 3.05) is 11.1 Å². The zero-order chi connectivity index (χ0) is 22.5. The fourth-order valence-corrected chi connectivity index (χ4v) is 2.17. The van der Waals surface area contributed by atoms with Crippen molar-refractivity contribution in [1.29, 1.82) is 0 Å². The molecule has 2 rings (SSSR count). The number of rotatable bonds is 1. The van der Waals surface area contributed by atoms with Crippen LogP contribution >= 0.6 is 0 Å². The maximum atomic E-state index is 11.5. The van der Waals surface area contributed by atoms with Gasteiger partial charge in [0, 0.05) is 12.4 Å². The fraction of sp³-hybridized carbons (Fsp3) is 0.522. The molecule has 2 heterocycles. The van der Waals surface area contributed by atoms with Gasteiger partial charge < -0.3 is 10.5 Å². The van der Waals surface area contributed by atoms with E-state index in [4.69, 9.17) is 10.5 Å². The number of pyridine rings is 2. The number of nitrogens with two attached hydrogens (primary N) is 1. The van der Waals surface area contributed by atoms with E-state index in [1.807, 2.05) is 45.2 Å². The van der Waals surface area contributed by atoms with Crippen LogP contribution in [-0.2, 0) is 15.6 Å². The molecule has 6 heteroatoms. The lowest BCUT2D eigenvalue weighted by molar-refractivity contribution is 0.0635. The van der Waals surface area contributed by atoms with E-state index < -0.39 is 11.7 Å². The summed E-state index contributed by atoms with van der Waals surface area (Å²) in [6.07, 6.45) is 3.11. The van der Waals surface area contributed by atoms with E-state index in [1.165, 1.54) is 5.56 Å². The average Bonchev–Trinajstić information content (AvgIpc) is 2.52. The van der Waals surface area contributed by atoms with E-state index in [0.29, 0.717) is 11.6 Å². The number of amides is 1. The van der Waals surface area contributed by atoms with Gasteiger partial charge in [0.2, 0.25) is 0 Å². The third-order valence-corrected chi connectivity index (χ3v) is 3.91. The van der Waals surface area contributed by atoms with Gasteiger partial charge in [0.15, 0.2) is 0 Å². The molecule has 0 spiro atoms. The lowest BCUT2D eigenvalue weighted by Crippen LogP contribution is -2.27. The van der Waals surface area contributed by atoms with E-state index in [-0.39, 0.29) is 10.8 Å². The molecule has 0 bridgehead atoms. The summed E-state index contributed by atoms with van der Waals surface area (Å²) in [5, 5.41) is 2.60. The number of hydrogen-bond donors (Lipinski definition) is 2. The average molecular weight is 401 g/mol. The van der Waals surface area contributed by atoms with Crippen LogP contribution in [0.2, 0.25) is 0 Å². The number of carbonyl (C=O) groups excluding carboxylic acids is 1. The van der Waals surface area contributed by atoms with Crippen molar-refractivity contribution >= 4 is 17.7 Å². The smallest absolute Gasteiger partial charge is 0.413 e. The summed E-state index contributed by atoms with van der Waals surface area (Å²) >= 11 is 0. The summed E-state index contributed by atoms with van der Waals surface area (Å²) in [4.78, 5) is 19.8. The molecule has 6 nitrogen and oxygen atoms in total. The summed E-state index contributed by atoms with van der Waals surface area (Å²) < 4.78 is 5.15. The van der Waals surface area contributed by atoms with E-state index in [9.17, 15) is 4.79 Å². The first-order valence-electron chi connectivity index (χ1n) is 9.76. The normalized spacial score (nSPS) is 11.9. The van der Waals surface area contributed by atoms with Crippen LogP contribution in [0.25, 0.3) is 0 Å². The van der Waals surface area contributed by atoms with Crippen molar-refractivity contribution in [2.24, 2.45) is 0 Å². The Morgan fingerprint density at radius 3 is 1.66 bits per heavy atom. The summed E-state index contributed by atoms with van der Waals surface area (Å²) in [6.45, 7) is 18.3. The molecule has 0 aliphatic carbocycles. The molecule has 2 aromatic heterocycles. The number of nitrogen functional groups attached to an aromatic ring is 1. The first-order chi connectivity index (χ1) is 13.1. The minimum atomic E-state index is -0.505. The Bertz CT molecular complexity index is 778. The number of aromatic nitrogens is 2. The quantitative estimate of drug-likeness (QED) is 0.642. The Kier molecular flexibility index (Phi) is 7.78. The predicted octanol–water partition coefficient (Wildman–Crippen LogP) is 5.69. The molecule has 1 amide bonds. The molecule has 2 aromatic rings. The Hall–Kier alpha value is -2.63. The maximum absolute atomic E-state index is 11.5. The van der Waals surface area contributed by atoms with E-state index in [1.54, 1.807) is 12.3 Å². The number of ether oxygens (including phenoxy) is 1. The third kappa shape index (κ3) is 9.41. The van der Waals surface area contributed by atoms with Crippen LogP contribution in [0.4, 0.5) is 16.4 Å². The molecule has 0 atom stereocenters. The van der Waals surface area contributed by atoms with Crippen molar-refractivity contribution in [3.63, 3.8) is 0 Å². The van der Waals surface area contributed by atoms with Crippen molar-refractivity contribution in [3.05, 3.63) is 47.8 Å². The number of anilines is 2. The minimum Gasteiger partial charge on any atom is -0.444 e. The van der Waals surface area contributed by atoms with Gasteiger partial charge in [-0.1, -0.05) is 53.7 Å². The molecular formula is C23H36N4O2. The molecule has 0 saturated heterocycles. The predicted molar refractivity (Wildman–Crippen MR) is 120 cm³/mol. The highest BCUT2D eigenvalue weighted by atomic mass is 16.6. The monoisotopic (exact) mass is 400 g/mol. The second kappa shape index (κ2) is 9.25. The molecule has 0 saturated carbocycles. The molecule has 0 radical (unpaired) electrons. The number of carbonyl (C=O) groups is 1. The van der Waals surface area contributed by atoms with Crippen molar-refractivity contribution in [3.8, 4) is 0 Å². The molecule has 0 unspecified atom stereocenters. The highest BCUT2D eigenvalue weighted by molar-refractivity contribution is 5.83. The van der Waals surface area contributed by atoms with Gasteiger partial charge in [-0.25, -0.2) is 14.8 Å². The van der Waals surface area contributed by atoms with Gasteiger partial charge in [-0.3, -0.25) is 5.32 Å². The van der Waals surface area contributed by atoms with Crippen molar-refractivity contribution in [1.82, 2.24) is 9.97 Å². The highest BCUT2D eigenvalue weighted by Crippen LogP contribution is 2.22. The van der Waals surface area contributed by atoms with Crippen LogP contribution in [0.15, 0.2) is 36.7 Å². The third-order valence-electron chi connectivity index (χ3n) is 3.91. The molecule has 0 aliphatic heterocycles. The summed E-state index contributed by atoms with van der Waals surface area (Å²) in [6, 6.07) is 7.59. The van der Waals surface area contributed by atoms with Gasteiger partial charge >= 0.3 is 6.09 Å². The molecule has 0 aliphatic rings. The lowest BCUT2D eigenvalue weighted by Gasteiger charge is -2.20. The van der Waals surface area contributed by atoms with Gasteiger partial charge in [0.1, 0.15) is 17.2 Å². The highest BCUT2D eigenvalue weighted by Gasteiger charge is 2.17. The van der Waals surface area contributed by atoms with E-state index in [2.05, 4.69) is 56.8 Å². The van der Waals surface area contributed by atoms with E-state index in [0.717, 1.165) is 5.56 Å². The molecule has 3 N–H and O–H groups in total. The zero-order valence-electron chi connectivity index (χ0n) is 19.3. The first kappa shape index (κ1) is 24.4. The van der Waals surface area contributed by atoms with E-state index >= 15 is 0 Å². The van der Waals surface area contributed by atoms with Crippen molar-refractivity contribution in [2.45, 2.75) is 78.7 Å². The Morgan fingerprint density at radius 2 is 1.31 bits per heavy atom. The lowest BCUT2D eigenvalue weighted by atomic mass is 9.88. The Morgan fingerprint density at radius 1 is 0.828 bits per heavy atom. The Labute approximate surface area is 175 Å². The first-order valence-corrected chi connectivity index (χ1v) is 9.76. The number of hydrogen-bond acceptors (Lipinski definition) is 5. The maximum Gasteiger partial charge on any atom is 0.413 e. The van der Waals surface area contributed by atoms with Gasteiger partial charge in [0.05, 0.1) is 0 Å². The van der Waals surface area contributed by atoms with Crippen LogP contribution in [0, 0.1) is 0 Å². The molecular weight excluding hydrogens is 364 g/mol. The summed E-state index contributed by atoms with van der Waals surface area (Å²) in [5.74, 6) is 1.08.